The van der Waals surface area contributed by atoms with Gasteiger partial charge in [0.15, 0.2) is 0 Å². The highest BCUT2D eigenvalue weighted by molar-refractivity contribution is 7.00. The number of hydrogen-bond donors (Lipinski definition) is 0. The molecule has 0 unspecified atom stereocenters. The first-order valence-electron chi connectivity index (χ1n) is 23.5. The Labute approximate surface area is 380 Å². The molecule has 318 valence electrons. The van der Waals surface area contributed by atoms with Crippen molar-refractivity contribution < 1.29 is 4.42 Å². The third-order valence-corrected chi connectivity index (χ3v) is 15.8. The van der Waals surface area contributed by atoms with Gasteiger partial charge in [-0.15, -0.1) is 0 Å². The summed E-state index contributed by atoms with van der Waals surface area (Å²) in [7, 11) is 0. The van der Waals surface area contributed by atoms with Crippen molar-refractivity contribution in [1.82, 2.24) is 0 Å². The molecule has 4 heteroatoms. The van der Waals surface area contributed by atoms with Crippen LogP contribution in [0.5, 0.6) is 0 Å². The minimum atomic E-state index is 0.0501. The van der Waals surface area contributed by atoms with Crippen LogP contribution in [0, 0.1) is 0 Å². The Morgan fingerprint density at radius 1 is 0.484 bits per heavy atom. The molecule has 0 spiro atoms. The molecule has 0 bridgehead atoms. The van der Waals surface area contributed by atoms with Gasteiger partial charge < -0.3 is 14.2 Å². The van der Waals surface area contributed by atoms with E-state index >= 15 is 0 Å². The summed E-state index contributed by atoms with van der Waals surface area (Å²) in [5, 5.41) is 2.32. The van der Waals surface area contributed by atoms with E-state index in [1.165, 1.54) is 94.8 Å². The Hall–Kier alpha value is -6.00. The van der Waals surface area contributed by atoms with E-state index in [0.717, 1.165) is 29.4 Å². The third kappa shape index (κ3) is 5.53. The molecule has 0 saturated carbocycles. The van der Waals surface area contributed by atoms with Gasteiger partial charge in [-0.05, 0) is 156 Å². The highest BCUT2D eigenvalue weighted by Gasteiger charge is 2.50. The van der Waals surface area contributed by atoms with Crippen LogP contribution in [0.3, 0.4) is 0 Å². The lowest BCUT2D eigenvalue weighted by molar-refractivity contribution is 0.403. The average Bonchev–Trinajstić information content (AvgIpc) is 3.78. The molecule has 64 heavy (non-hydrogen) atoms. The second-order valence-electron chi connectivity index (χ2n) is 23.2. The number of hydrogen-bond acceptors (Lipinski definition) is 3. The molecule has 7 aromatic carbocycles. The van der Waals surface area contributed by atoms with E-state index in [9.17, 15) is 0 Å². The molecular formula is C60H59BN2O. The first-order valence-corrected chi connectivity index (χ1v) is 23.5. The van der Waals surface area contributed by atoms with Gasteiger partial charge in [-0.25, -0.2) is 0 Å². The van der Waals surface area contributed by atoms with Gasteiger partial charge in [-0.2, -0.15) is 0 Å². The highest BCUT2D eigenvalue weighted by Crippen LogP contribution is 2.55. The van der Waals surface area contributed by atoms with Crippen LogP contribution in [-0.2, 0) is 27.1 Å². The first kappa shape index (κ1) is 39.6. The second-order valence-corrected chi connectivity index (χ2v) is 23.2. The molecule has 0 atom stereocenters. The fraction of sp³-hybridized carbons (Fsp3) is 0.300. The van der Waals surface area contributed by atoms with Gasteiger partial charge in [0.1, 0.15) is 11.2 Å². The zero-order valence-corrected chi connectivity index (χ0v) is 39.5. The van der Waals surface area contributed by atoms with Gasteiger partial charge in [-0.1, -0.05) is 149 Å². The smallest absolute Gasteiger partial charge is 0.252 e. The van der Waals surface area contributed by atoms with Crippen molar-refractivity contribution >= 4 is 79.2 Å². The van der Waals surface area contributed by atoms with Crippen LogP contribution in [0.4, 0.5) is 34.1 Å². The minimum absolute atomic E-state index is 0.0501. The lowest BCUT2D eigenvalue weighted by atomic mass is 9.33. The number of nitrogens with zero attached hydrogens (tertiary/aromatic N) is 2. The molecular weight excluding hydrogens is 775 g/mol. The SMILES string of the molecule is CC(C)(C)c1ccc(N2c3cc4c(cc3B3c5cc6c(cc5N(c5ccc(-c7cccc8oc9ccccc9c78)cc5)c5cccc2c53)C(C)(C)CC6(C)C)C(C)(C)CC4(C)C)cc1. The van der Waals surface area contributed by atoms with Gasteiger partial charge in [0.25, 0.3) is 6.71 Å². The van der Waals surface area contributed by atoms with Gasteiger partial charge in [0.05, 0.1) is 0 Å². The average molecular weight is 835 g/mol. The van der Waals surface area contributed by atoms with Crippen LogP contribution >= 0.6 is 0 Å². The fourth-order valence-electron chi connectivity index (χ4n) is 13.3. The Bertz CT molecular complexity index is 3260. The third-order valence-electron chi connectivity index (χ3n) is 15.8. The number of para-hydroxylation sites is 1. The van der Waals surface area contributed by atoms with Crippen molar-refractivity contribution in [3.63, 3.8) is 0 Å². The predicted molar refractivity (Wildman–Crippen MR) is 273 cm³/mol. The van der Waals surface area contributed by atoms with E-state index in [0.29, 0.717) is 0 Å². The lowest BCUT2D eigenvalue weighted by Crippen LogP contribution is -2.61. The van der Waals surface area contributed by atoms with E-state index in [2.05, 4.69) is 219 Å². The number of fused-ring (bicyclic) bond motifs is 9. The van der Waals surface area contributed by atoms with Crippen molar-refractivity contribution in [2.45, 2.75) is 116 Å². The molecule has 0 radical (unpaired) electrons. The fourth-order valence-corrected chi connectivity index (χ4v) is 13.3. The summed E-state index contributed by atoms with van der Waals surface area (Å²) < 4.78 is 6.34. The van der Waals surface area contributed by atoms with Crippen LogP contribution in [0.1, 0.15) is 117 Å². The zero-order valence-electron chi connectivity index (χ0n) is 39.5. The molecule has 2 aliphatic carbocycles. The molecule has 0 amide bonds. The monoisotopic (exact) mass is 834 g/mol. The van der Waals surface area contributed by atoms with Gasteiger partial charge in [0.2, 0.25) is 0 Å². The summed E-state index contributed by atoms with van der Waals surface area (Å²) in [6.07, 6.45) is 2.25. The van der Waals surface area contributed by atoms with Gasteiger partial charge >= 0.3 is 0 Å². The maximum Gasteiger partial charge on any atom is 0.252 e. The largest absolute Gasteiger partial charge is 0.456 e. The Balaban J connectivity index is 1.12. The molecule has 1 aromatic heterocycles. The zero-order chi connectivity index (χ0) is 44.5. The summed E-state index contributed by atoms with van der Waals surface area (Å²) in [5.41, 5.74) is 23.5. The Morgan fingerprint density at radius 2 is 0.953 bits per heavy atom. The molecule has 4 aliphatic rings. The van der Waals surface area contributed by atoms with Crippen LogP contribution in [0.25, 0.3) is 33.1 Å². The highest BCUT2D eigenvalue weighted by atomic mass is 16.3. The lowest BCUT2D eigenvalue weighted by Gasteiger charge is -2.45. The molecule has 2 aliphatic heterocycles. The van der Waals surface area contributed by atoms with Crippen LogP contribution < -0.4 is 26.2 Å². The summed E-state index contributed by atoms with van der Waals surface area (Å²) in [6, 6.07) is 51.2. The maximum absolute atomic E-state index is 6.34. The van der Waals surface area contributed by atoms with Crippen molar-refractivity contribution in [3.05, 3.63) is 161 Å². The number of furan rings is 1. The first-order chi connectivity index (χ1) is 30.3. The van der Waals surface area contributed by atoms with E-state index in [1.807, 2.05) is 0 Å². The van der Waals surface area contributed by atoms with Crippen LogP contribution in [0.2, 0.25) is 0 Å². The molecule has 0 fully saturated rings. The van der Waals surface area contributed by atoms with Crippen molar-refractivity contribution in [2.24, 2.45) is 0 Å². The molecule has 3 nitrogen and oxygen atoms in total. The molecule has 8 aromatic rings. The van der Waals surface area contributed by atoms with Crippen molar-refractivity contribution in [3.8, 4) is 11.1 Å². The van der Waals surface area contributed by atoms with E-state index in [4.69, 9.17) is 4.42 Å². The molecule has 0 saturated heterocycles. The van der Waals surface area contributed by atoms with E-state index in [1.54, 1.807) is 0 Å². The molecule has 12 rings (SSSR count). The molecule has 0 N–H and O–H groups in total. The second kappa shape index (κ2) is 12.8. The van der Waals surface area contributed by atoms with Crippen molar-refractivity contribution in [2.75, 3.05) is 9.80 Å². The van der Waals surface area contributed by atoms with Gasteiger partial charge in [0, 0.05) is 44.9 Å². The normalized spacial score (nSPS) is 18.2. The standard InChI is InChI=1S/C60H59BN2O/c1-56(2,3)37-24-28-39(29-25-37)63-49-19-15-18-48-55(49)61(47-31-43-45(33-51(47)63)60(10,11)35-58(43,6)7)46-30-42-44(59(8,9)34-57(42,4)5)32-50(46)62(48)38-26-22-36(23-27-38)40-17-14-21-53-54(40)41-16-12-13-20-52(41)64-53/h12-33H,34-35H2,1-11H3. The van der Waals surface area contributed by atoms with E-state index < -0.39 is 0 Å². The van der Waals surface area contributed by atoms with E-state index in [-0.39, 0.29) is 33.8 Å². The van der Waals surface area contributed by atoms with Crippen molar-refractivity contribution in [1.29, 1.82) is 0 Å². The predicted octanol–water partition coefficient (Wildman–Crippen LogP) is 14.6. The topological polar surface area (TPSA) is 19.6 Å². The summed E-state index contributed by atoms with van der Waals surface area (Å²) in [6.45, 7) is 26.6. The summed E-state index contributed by atoms with van der Waals surface area (Å²) in [5.74, 6) is 0. The summed E-state index contributed by atoms with van der Waals surface area (Å²) >= 11 is 0. The van der Waals surface area contributed by atoms with Gasteiger partial charge in [-0.3, -0.25) is 0 Å². The van der Waals surface area contributed by atoms with Crippen LogP contribution in [-0.4, -0.2) is 6.71 Å². The number of rotatable bonds is 3. The Morgan fingerprint density at radius 3 is 1.48 bits per heavy atom. The number of benzene rings is 7. The Kier molecular flexibility index (Phi) is 7.94. The number of anilines is 6. The maximum atomic E-state index is 6.34. The molecule has 3 heterocycles. The summed E-state index contributed by atoms with van der Waals surface area (Å²) in [4.78, 5) is 5.19. The minimum Gasteiger partial charge on any atom is -0.456 e. The quantitative estimate of drug-likeness (QED) is 0.165. The van der Waals surface area contributed by atoms with Crippen LogP contribution in [0.15, 0.2) is 138 Å².